The first-order valence-electron chi connectivity index (χ1n) is 11.5. The van der Waals surface area contributed by atoms with Gasteiger partial charge in [-0.2, -0.15) is 0 Å². The van der Waals surface area contributed by atoms with Crippen molar-refractivity contribution in [3.63, 3.8) is 0 Å². The largest absolute Gasteiger partial charge is 0.493 e. The third kappa shape index (κ3) is 4.24. The Hall–Kier alpha value is -3.57. The molecule has 1 aromatic heterocycles. The minimum absolute atomic E-state index is 0.0406. The minimum Gasteiger partial charge on any atom is -0.493 e. The predicted octanol–water partition coefficient (Wildman–Crippen LogP) is 6.02. The van der Waals surface area contributed by atoms with Crippen molar-refractivity contribution in [3.8, 4) is 17.2 Å². The standard InChI is InChI=1S/C28H28N2O3/c1-32-26-16-8-10-20(28(26)33-22-11-3-4-12-22)17-18-27-29-23-13-5-7-15-25(23)30(27)24-14-6-2-9-21(24)19-31/h2,5-10,13-18,22,31H,3-4,11-12,19H2,1H3. The first-order valence-corrected chi connectivity index (χ1v) is 11.5. The van der Waals surface area contributed by atoms with Crippen molar-refractivity contribution < 1.29 is 14.6 Å². The highest BCUT2D eigenvalue weighted by Crippen LogP contribution is 2.36. The van der Waals surface area contributed by atoms with Gasteiger partial charge in [0.2, 0.25) is 0 Å². The molecule has 0 aliphatic heterocycles. The summed E-state index contributed by atoms with van der Waals surface area (Å²) in [7, 11) is 1.68. The molecular weight excluding hydrogens is 412 g/mol. The minimum atomic E-state index is -0.0406. The van der Waals surface area contributed by atoms with Crippen molar-refractivity contribution in [1.29, 1.82) is 0 Å². The van der Waals surface area contributed by atoms with E-state index in [9.17, 15) is 5.11 Å². The van der Waals surface area contributed by atoms with E-state index in [1.807, 2.05) is 78.9 Å². The number of aromatic nitrogens is 2. The predicted molar refractivity (Wildman–Crippen MR) is 132 cm³/mol. The Kier molecular flexibility index (Phi) is 6.13. The van der Waals surface area contributed by atoms with Gasteiger partial charge in [0, 0.05) is 11.1 Å². The zero-order valence-corrected chi connectivity index (χ0v) is 18.8. The van der Waals surface area contributed by atoms with Crippen LogP contribution in [0.4, 0.5) is 0 Å². The van der Waals surface area contributed by atoms with Gasteiger partial charge in [0.1, 0.15) is 5.82 Å². The quantitative estimate of drug-likeness (QED) is 0.382. The third-order valence-electron chi connectivity index (χ3n) is 6.22. The monoisotopic (exact) mass is 440 g/mol. The molecule has 1 N–H and O–H groups in total. The number of fused-ring (bicyclic) bond motifs is 1. The van der Waals surface area contributed by atoms with E-state index in [0.29, 0.717) is 0 Å². The van der Waals surface area contributed by atoms with Crippen molar-refractivity contribution in [1.82, 2.24) is 9.55 Å². The van der Waals surface area contributed by atoms with Crippen molar-refractivity contribution in [2.24, 2.45) is 0 Å². The fourth-order valence-electron chi connectivity index (χ4n) is 4.56. The van der Waals surface area contributed by atoms with Crippen LogP contribution in [0.3, 0.4) is 0 Å². The molecule has 5 heteroatoms. The van der Waals surface area contributed by atoms with E-state index in [0.717, 1.165) is 58.0 Å². The lowest BCUT2D eigenvalue weighted by Crippen LogP contribution is -2.12. The van der Waals surface area contributed by atoms with Crippen LogP contribution in [0.15, 0.2) is 66.7 Å². The topological polar surface area (TPSA) is 56.5 Å². The Labute approximate surface area is 193 Å². The van der Waals surface area contributed by atoms with Gasteiger partial charge >= 0.3 is 0 Å². The molecule has 0 saturated heterocycles. The van der Waals surface area contributed by atoms with E-state index in [1.165, 1.54) is 12.8 Å². The normalized spacial score (nSPS) is 14.4. The number of nitrogens with zero attached hydrogens (tertiary/aromatic N) is 2. The first kappa shape index (κ1) is 21.3. The molecule has 1 aliphatic carbocycles. The summed E-state index contributed by atoms with van der Waals surface area (Å²) in [6, 6.07) is 21.9. The van der Waals surface area contributed by atoms with E-state index in [-0.39, 0.29) is 12.7 Å². The number of hydrogen-bond donors (Lipinski definition) is 1. The SMILES string of the molecule is COc1cccc(C=Cc2nc3ccccc3n2-c2ccccc2CO)c1OC1CCCC1. The second kappa shape index (κ2) is 9.51. The van der Waals surface area contributed by atoms with Gasteiger partial charge in [-0.15, -0.1) is 0 Å². The highest BCUT2D eigenvalue weighted by atomic mass is 16.5. The Bertz CT molecular complexity index is 1290. The Balaban J connectivity index is 1.60. The van der Waals surface area contributed by atoms with E-state index in [2.05, 4.69) is 4.57 Å². The number of benzene rings is 3. The van der Waals surface area contributed by atoms with Gasteiger partial charge in [-0.05, 0) is 62.1 Å². The molecule has 1 aliphatic rings. The molecule has 0 atom stereocenters. The maximum absolute atomic E-state index is 9.94. The van der Waals surface area contributed by atoms with E-state index in [1.54, 1.807) is 7.11 Å². The summed E-state index contributed by atoms with van der Waals surface area (Å²) < 4.78 is 14.1. The van der Waals surface area contributed by atoms with Gasteiger partial charge in [-0.3, -0.25) is 4.57 Å². The van der Waals surface area contributed by atoms with Crippen LogP contribution in [0.2, 0.25) is 0 Å². The average Bonchev–Trinajstić information content (AvgIpc) is 3.50. The number of hydrogen-bond acceptors (Lipinski definition) is 4. The lowest BCUT2D eigenvalue weighted by atomic mass is 10.1. The fourth-order valence-corrected chi connectivity index (χ4v) is 4.56. The van der Waals surface area contributed by atoms with Gasteiger partial charge in [0.25, 0.3) is 0 Å². The van der Waals surface area contributed by atoms with Crippen molar-refractivity contribution >= 4 is 23.2 Å². The summed E-state index contributed by atoms with van der Waals surface area (Å²) in [5.41, 5.74) is 4.61. The molecule has 5 rings (SSSR count). The van der Waals surface area contributed by atoms with Crippen LogP contribution in [0, 0.1) is 0 Å². The van der Waals surface area contributed by atoms with Gasteiger partial charge in [-0.25, -0.2) is 4.98 Å². The fraction of sp³-hybridized carbons (Fsp3) is 0.250. The summed E-state index contributed by atoms with van der Waals surface area (Å²) >= 11 is 0. The number of aliphatic hydroxyl groups is 1. The number of aliphatic hydroxyl groups excluding tert-OH is 1. The molecule has 0 bridgehead atoms. The molecule has 1 saturated carbocycles. The first-order chi connectivity index (χ1) is 16.3. The summed E-state index contributed by atoms with van der Waals surface area (Å²) in [4.78, 5) is 4.88. The van der Waals surface area contributed by atoms with Crippen LogP contribution in [0.1, 0.15) is 42.6 Å². The average molecular weight is 441 g/mol. The molecule has 4 aromatic rings. The van der Waals surface area contributed by atoms with E-state index < -0.39 is 0 Å². The smallest absolute Gasteiger partial charge is 0.168 e. The van der Waals surface area contributed by atoms with Crippen LogP contribution in [0.25, 0.3) is 28.9 Å². The highest BCUT2D eigenvalue weighted by molar-refractivity contribution is 5.83. The van der Waals surface area contributed by atoms with Crippen LogP contribution in [-0.4, -0.2) is 27.9 Å². The molecule has 0 amide bonds. The lowest BCUT2D eigenvalue weighted by Gasteiger charge is -2.18. The second-order valence-electron chi connectivity index (χ2n) is 8.32. The number of methoxy groups -OCH3 is 1. The van der Waals surface area contributed by atoms with Crippen LogP contribution < -0.4 is 9.47 Å². The summed E-state index contributed by atoms with van der Waals surface area (Å²) in [5.74, 6) is 2.30. The Morgan fingerprint density at radius 3 is 2.58 bits per heavy atom. The summed E-state index contributed by atoms with van der Waals surface area (Å²) in [6.45, 7) is -0.0406. The summed E-state index contributed by atoms with van der Waals surface area (Å²) in [6.07, 6.45) is 8.84. The zero-order valence-electron chi connectivity index (χ0n) is 18.8. The van der Waals surface area contributed by atoms with Gasteiger partial charge in [-0.1, -0.05) is 42.5 Å². The molecule has 0 unspecified atom stereocenters. The molecule has 3 aromatic carbocycles. The van der Waals surface area contributed by atoms with Crippen LogP contribution in [-0.2, 0) is 6.61 Å². The highest BCUT2D eigenvalue weighted by Gasteiger charge is 2.20. The number of imidazole rings is 1. The van der Waals surface area contributed by atoms with Gasteiger partial charge < -0.3 is 14.6 Å². The third-order valence-corrected chi connectivity index (χ3v) is 6.22. The molecule has 0 radical (unpaired) electrons. The molecule has 0 spiro atoms. The second-order valence-corrected chi connectivity index (χ2v) is 8.32. The number of para-hydroxylation sites is 4. The lowest BCUT2D eigenvalue weighted by molar-refractivity contribution is 0.200. The van der Waals surface area contributed by atoms with Crippen molar-refractivity contribution in [3.05, 3.63) is 83.7 Å². The molecule has 5 nitrogen and oxygen atoms in total. The zero-order chi connectivity index (χ0) is 22.6. The van der Waals surface area contributed by atoms with Crippen molar-refractivity contribution in [2.45, 2.75) is 38.4 Å². The molecular formula is C28H28N2O3. The molecule has 33 heavy (non-hydrogen) atoms. The summed E-state index contributed by atoms with van der Waals surface area (Å²) in [5, 5.41) is 9.94. The van der Waals surface area contributed by atoms with Crippen LogP contribution >= 0.6 is 0 Å². The number of rotatable bonds is 7. The molecule has 168 valence electrons. The maximum atomic E-state index is 9.94. The van der Waals surface area contributed by atoms with Crippen LogP contribution in [0.5, 0.6) is 11.5 Å². The Morgan fingerprint density at radius 2 is 1.76 bits per heavy atom. The molecule has 1 heterocycles. The number of ether oxygens (including phenoxy) is 2. The molecule has 1 fully saturated rings. The van der Waals surface area contributed by atoms with E-state index >= 15 is 0 Å². The Morgan fingerprint density at radius 1 is 0.970 bits per heavy atom. The van der Waals surface area contributed by atoms with Crippen molar-refractivity contribution in [2.75, 3.05) is 7.11 Å². The van der Waals surface area contributed by atoms with Gasteiger partial charge in [0.15, 0.2) is 11.5 Å². The maximum Gasteiger partial charge on any atom is 0.168 e. The van der Waals surface area contributed by atoms with Gasteiger partial charge in [0.05, 0.1) is 36.5 Å². The van der Waals surface area contributed by atoms with E-state index in [4.69, 9.17) is 14.5 Å².